The zero-order valence-electron chi connectivity index (χ0n) is 11.7. The lowest BCUT2D eigenvalue weighted by Gasteiger charge is -2.10. The minimum Gasteiger partial charge on any atom is -0.377 e. The fourth-order valence-electron chi connectivity index (χ4n) is 2.02. The van der Waals surface area contributed by atoms with Crippen molar-refractivity contribution < 1.29 is 8.78 Å². The lowest BCUT2D eigenvalue weighted by atomic mass is 10.2. The van der Waals surface area contributed by atoms with E-state index in [1.54, 1.807) is 4.68 Å². The molecule has 0 amide bonds. The van der Waals surface area contributed by atoms with E-state index < -0.39 is 11.6 Å². The molecule has 0 bridgehead atoms. The molecule has 0 unspecified atom stereocenters. The number of nitrogens with zero attached hydrogens (tertiary/aromatic N) is 2. The molecule has 2 rings (SSSR count). The maximum Gasteiger partial charge on any atom is 0.147 e. The average molecular weight is 379 g/mol. The third-order valence-corrected chi connectivity index (χ3v) is 4.19. The normalized spacial score (nSPS) is 11.0. The summed E-state index contributed by atoms with van der Waals surface area (Å²) < 4.78 is 29.1. The molecular formula is C14H15BrClF2N3. The smallest absolute Gasteiger partial charge is 0.147 e. The van der Waals surface area contributed by atoms with E-state index in [1.807, 2.05) is 13.8 Å². The Bertz CT molecular complexity index is 658. The van der Waals surface area contributed by atoms with Gasteiger partial charge in [-0.1, -0.05) is 18.5 Å². The topological polar surface area (TPSA) is 29.9 Å². The number of halogens is 4. The SMILES string of the molecule is CCc1nn(CC)c(CNc2cc(F)c(Br)cc2F)c1Cl. The lowest BCUT2D eigenvalue weighted by molar-refractivity contribution is 0.594. The molecule has 0 atom stereocenters. The highest BCUT2D eigenvalue weighted by molar-refractivity contribution is 9.10. The molecule has 0 aliphatic carbocycles. The predicted octanol–water partition coefficient (Wildman–Crippen LogP) is 4.77. The molecule has 3 nitrogen and oxygen atoms in total. The average Bonchev–Trinajstić information content (AvgIpc) is 2.77. The molecule has 7 heteroatoms. The lowest BCUT2D eigenvalue weighted by Crippen LogP contribution is -2.09. The van der Waals surface area contributed by atoms with Crippen LogP contribution in [0.4, 0.5) is 14.5 Å². The van der Waals surface area contributed by atoms with E-state index in [9.17, 15) is 8.78 Å². The predicted molar refractivity (Wildman–Crippen MR) is 83.7 cm³/mol. The highest BCUT2D eigenvalue weighted by atomic mass is 79.9. The van der Waals surface area contributed by atoms with Gasteiger partial charge in [-0.05, 0) is 35.3 Å². The van der Waals surface area contributed by atoms with Crippen molar-refractivity contribution in [1.29, 1.82) is 0 Å². The summed E-state index contributed by atoms with van der Waals surface area (Å²) in [4.78, 5) is 0. The second-order valence-electron chi connectivity index (χ2n) is 4.48. The van der Waals surface area contributed by atoms with E-state index in [2.05, 4.69) is 26.3 Å². The molecule has 1 aromatic heterocycles. The Morgan fingerprint density at radius 3 is 2.62 bits per heavy atom. The fourth-order valence-corrected chi connectivity index (χ4v) is 2.67. The first kappa shape index (κ1) is 16.2. The summed E-state index contributed by atoms with van der Waals surface area (Å²) >= 11 is 9.22. The van der Waals surface area contributed by atoms with E-state index in [0.717, 1.165) is 29.9 Å². The summed E-state index contributed by atoms with van der Waals surface area (Å²) in [7, 11) is 0. The highest BCUT2D eigenvalue weighted by Gasteiger charge is 2.15. The van der Waals surface area contributed by atoms with E-state index in [4.69, 9.17) is 11.6 Å². The summed E-state index contributed by atoms with van der Waals surface area (Å²) in [5, 5.41) is 7.83. The Hall–Kier alpha value is -1.14. The van der Waals surface area contributed by atoms with Crippen molar-refractivity contribution in [2.45, 2.75) is 33.4 Å². The van der Waals surface area contributed by atoms with E-state index in [0.29, 0.717) is 11.6 Å². The van der Waals surface area contributed by atoms with Crippen LogP contribution >= 0.6 is 27.5 Å². The van der Waals surface area contributed by atoms with E-state index >= 15 is 0 Å². The molecule has 2 aromatic rings. The molecule has 21 heavy (non-hydrogen) atoms. The first-order valence-corrected chi connectivity index (χ1v) is 7.77. The zero-order valence-corrected chi connectivity index (χ0v) is 14.0. The van der Waals surface area contributed by atoms with Gasteiger partial charge in [0.25, 0.3) is 0 Å². The van der Waals surface area contributed by atoms with Crippen LogP contribution < -0.4 is 5.32 Å². The molecule has 0 fully saturated rings. The number of aryl methyl sites for hydroxylation is 2. The first-order chi connectivity index (χ1) is 9.97. The summed E-state index contributed by atoms with van der Waals surface area (Å²) in [5.74, 6) is -1.05. The van der Waals surface area contributed by atoms with Gasteiger partial charge in [-0.15, -0.1) is 0 Å². The van der Waals surface area contributed by atoms with Crippen LogP contribution in [0.5, 0.6) is 0 Å². The van der Waals surface area contributed by atoms with Crippen molar-refractivity contribution in [2.24, 2.45) is 0 Å². The molecule has 0 radical (unpaired) electrons. The minimum atomic E-state index is -0.530. The molecule has 1 N–H and O–H groups in total. The quantitative estimate of drug-likeness (QED) is 0.759. The van der Waals surface area contributed by atoms with Crippen molar-refractivity contribution in [3.8, 4) is 0 Å². The van der Waals surface area contributed by atoms with Crippen molar-refractivity contribution >= 4 is 33.2 Å². The summed E-state index contributed by atoms with van der Waals surface area (Å²) in [6, 6.07) is 2.20. The van der Waals surface area contributed by atoms with Crippen LogP contribution in [0.3, 0.4) is 0 Å². The minimum absolute atomic E-state index is 0.0914. The summed E-state index contributed by atoms with van der Waals surface area (Å²) in [5.41, 5.74) is 1.66. The van der Waals surface area contributed by atoms with Crippen LogP contribution in [0.15, 0.2) is 16.6 Å². The molecule has 0 aliphatic heterocycles. The van der Waals surface area contributed by atoms with Gasteiger partial charge in [0.2, 0.25) is 0 Å². The Morgan fingerprint density at radius 1 is 1.29 bits per heavy atom. The van der Waals surface area contributed by atoms with Crippen LogP contribution in [0.25, 0.3) is 0 Å². The molecule has 0 aliphatic rings. The number of rotatable bonds is 5. The van der Waals surface area contributed by atoms with Crippen molar-refractivity contribution in [3.05, 3.63) is 44.7 Å². The summed E-state index contributed by atoms with van der Waals surface area (Å²) in [6.07, 6.45) is 0.722. The first-order valence-electron chi connectivity index (χ1n) is 6.60. The molecule has 114 valence electrons. The second kappa shape index (κ2) is 6.75. The fraction of sp³-hybridized carbons (Fsp3) is 0.357. The largest absolute Gasteiger partial charge is 0.377 e. The van der Waals surface area contributed by atoms with Gasteiger partial charge in [0, 0.05) is 12.6 Å². The van der Waals surface area contributed by atoms with Gasteiger partial charge in [0.15, 0.2) is 0 Å². The number of benzene rings is 1. The van der Waals surface area contributed by atoms with Gasteiger partial charge in [0.1, 0.15) is 11.6 Å². The number of aromatic nitrogens is 2. The third kappa shape index (κ3) is 3.37. The third-order valence-electron chi connectivity index (χ3n) is 3.15. The maximum atomic E-state index is 13.8. The molecule has 0 saturated heterocycles. The van der Waals surface area contributed by atoms with Gasteiger partial charge in [-0.3, -0.25) is 4.68 Å². The highest BCUT2D eigenvalue weighted by Crippen LogP contribution is 2.26. The number of hydrogen-bond donors (Lipinski definition) is 1. The second-order valence-corrected chi connectivity index (χ2v) is 5.71. The van der Waals surface area contributed by atoms with Gasteiger partial charge in [-0.2, -0.15) is 5.10 Å². The van der Waals surface area contributed by atoms with Crippen LogP contribution in [-0.4, -0.2) is 9.78 Å². The standard InChI is InChI=1S/C14H15BrClF2N3/c1-3-11-14(16)13(21(4-2)20-11)7-19-12-6-9(17)8(15)5-10(12)18/h5-6,19H,3-4,7H2,1-2H3. The van der Waals surface area contributed by atoms with Crippen molar-refractivity contribution in [3.63, 3.8) is 0 Å². The van der Waals surface area contributed by atoms with Crippen LogP contribution in [0.2, 0.25) is 5.02 Å². The van der Waals surface area contributed by atoms with Crippen LogP contribution in [0, 0.1) is 11.6 Å². The van der Waals surface area contributed by atoms with E-state index in [-0.39, 0.29) is 16.7 Å². The molecule has 0 spiro atoms. The van der Waals surface area contributed by atoms with Gasteiger partial charge >= 0.3 is 0 Å². The Labute approximate surface area is 135 Å². The maximum absolute atomic E-state index is 13.8. The molecule has 1 heterocycles. The Morgan fingerprint density at radius 2 is 2.00 bits per heavy atom. The van der Waals surface area contributed by atoms with Crippen molar-refractivity contribution in [1.82, 2.24) is 9.78 Å². The molecular weight excluding hydrogens is 364 g/mol. The van der Waals surface area contributed by atoms with Gasteiger partial charge in [0.05, 0.1) is 33.1 Å². The van der Waals surface area contributed by atoms with Crippen LogP contribution in [-0.2, 0) is 19.5 Å². The zero-order chi connectivity index (χ0) is 15.6. The number of hydrogen-bond acceptors (Lipinski definition) is 2. The monoisotopic (exact) mass is 377 g/mol. The van der Waals surface area contributed by atoms with Crippen LogP contribution in [0.1, 0.15) is 25.2 Å². The number of nitrogens with one attached hydrogen (secondary N) is 1. The molecule has 1 aromatic carbocycles. The Kier molecular flexibility index (Phi) is 5.22. The van der Waals surface area contributed by atoms with Gasteiger partial charge in [-0.25, -0.2) is 8.78 Å². The van der Waals surface area contributed by atoms with Gasteiger partial charge < -0.3 is 5.32 Å². The Balaban J connectivity index is 2.24. The number of anilines is 1. The van der Waals surface area contributed by atoms with E-state index in [1.165, 1.54) is 0 Å². The molecule has 0 saturated carbocycles. The summed E-state index contributed by atoms with van der Waals surface area (Å²) in [6.45, 7) is 4.85. The van der Waals surface area contributed by atoms with Crippen molar-refractivity contribution in [2.75, 3.05) is 5.32 Å².